The van der Waals surface area contributed by atoms with Gasteiger partial charge in [-0.05, 0) is 15.9 Å². The van der Waals surface area contributed by atoms with E-state index < -0.39 is 0 Å². The van der Waals surface area contributed by atoms with Crippen LogP contribution in [0.5, 0.6) is 17.2 Å². The van der Waals surface area contributed by atoms with Crippen molar-refractivity contribution in [3.63, 3.8) is 0 Å². The molecule has 1 aromatic heterocycles. The quantitative estimate of drug-likeness (QED) is 0.898. The third kappa shape index (κ3) is 2.42. The normalized spacial score (nSPS) is 13.9. The molecule has 0 spiro atoms. The lowest BCUT2D eigenvalue weighted by molar-refractivity contribution is 0.297. The van der Waals surface area contributed by atoms with Crippen LogP contribution >= 0.6 is 15.9 Å². The average Bonchev–Trinajstić information content (AvgIpc) is 2.65. The van der Waals surface area contributed by atoms with Gasteiger partial charge in [-0.2, -0.15) is 5.10 Å². The van der Waals surface area contributed by atoms with Crippen molar-refractivity contribution < 1.29 is 14.2 Å². The molecule has 0 unspecified atom stereocenters. The number of fused-ring (bicyclic) bond motifs is 1. The van der Waals surface area contributed by atoms with Gasteiger partial charge in [-0.3, -0.25) is 4.68 Å². The van der Waals surface area contributed by atoms with Gasteiger partial charge in [0.2, 0.25) is 0 Å². The summed E-state index contributed by atoms with van der Waals surface area (Å²) < 4.78 is 19.5. The number of nitrogen functional groups attached to an aromatic ring is 1. The fraction of sp³-hybridized carbons (Fsp3) is 0.357. The van der Waals surface area contributed by atoms with Crippen LogP contribution in [0.3, 0.4) is 0 Å². The molecule has 2 heterocycles. The predicted molar refractivity (Wildman–Crippen MR) is 82.9 cm³/mol. The van der Waals surface area contributed by atoms with Gasteiger partial charge in [-0.25, -0.2) is 0 Å². The molecule has 0 saturated heterocycles. The maximum Gasteiger partial charge on any atom is 0.174 e. The monoisotopic (exact) mass is 353 g/mol. The molecule has 6 nitrogen and oxygen atoms in total. The fourth-order valence-corrected chi connectivity index (χ4v) is 2.86. The number of nitrogens with zero attached hydrogens (tertiary/aromatic N) is 2. The number of aryl methyl sites for hydroxylation is 1. The summed E-state index contributed by atoms with van der Waals surface area (Å²) in [7, 11) is 3.40. The molecule has 0 radical (unpaired) electrons. The van der Waals surface area contributed by atoms with Gasteiger partial charge in [-0.1, -0.05) is 0 Å². The lowest BCUT2D eigenvalue weighted by Gasteiger charge is -2.16. The second kappa shape index (κ2) is 5.48. The maximum absolute atomic E-state index is 5.89. The lowest BCUT2D eigenvalue weighted by Crippen LogP contribution is -2.00. The van der Waals surface area contributed by atoms with Crippen molar-refractivity contribution in [2.75, 3.05) is 26.1 Å². The summed E-state index contributed by atoms with van der Waals surface area (Å²) in [5, 5.41) is 4.42. The van der Waals surface area contributed by atoms with Crippen LogP contribution in [0.2, 0.25) is 0 Å². The van der Waals surface area contributed by atoms with Gasteiger partial charge in [0.15, 0.2) is 11.5 Å². The Labute approximate surface area is 130 Å². The Morgan fingerprint density at radius 2 is 2.10 bits per heavy atom. The first kappa shape index (κ1) is 14.1. The number of nitrogens with two attached hydrogens (primary N) is 1. The zero-order valence-electron chi connectivity index (χ0n) is 11.9. The molecule has 1 aromatic carbocycles. The number of benzene rings is 1. The van der Waals surface area contributed by atoms with E-state index in [0.717, 1.165) is 16.5 Å². The third-order valence-electron chi connectivity index (χ3n) is 3.32. The van der Waals surface area contributed by atoms with E-state index in [9.17, 15) is 0 Å². The van der Waals surface area contributed by atoms with Gasteiger partial charge < -0.3 is 19.9 Å². The highest BCUT2D eigenvalue weighted by molar-refractivity contribution is 9.10. The molecule has 2 N–H and O–H groups in total. The zero-order valence-corrected chi connectivity index (χ0v) is 13.4. The lowest BCUT2D eigenvalue weighted by atomic mass is 10.1. The minimum atomic E-state index is 0.565. The van der Waals surface area contributed by atoms with E-state index in [1.807, 2.05) is 6.07 Å². The summed E-state index contributed by atoms with van der Waals surface area (Å²) in [5.74, 6) is 2.54. The van der Waals surface area contributed by atoms with Crippen molar-refractivity contribution in [3.8, 4) is 28.5 Å². The van der Waals surface area contributed by atoms with E-state index in [1.165, 1.54) is 0 Å². The molecular weight excluding hydrogens is 338 g/mol. The largest absolute Gasteiger partial charge is 0.495 e. The number of ether oxygens (including phenoxy) is 3. The number of halogens is 1. The van der Waals surface area contributed by atoms with E-state index in [4.69, 9.17) is 19.9 Å². The molecule has 0 bridgehead atoms. The second-order valence-electron chi connectivity index (χ2n) is 4.72. The molecule has 2 aromatic rings. The summed E-state index contributed by atoms with van der Waals surface area (Å²) in [6.07, 6.45) is 0.832. The summed E-state index contributed by atoms with van der Waals surface area (Å²) in [5.41, 5.74) is 7.33. The Bertz CT molecular complexity index is 665. The molecule has 7 heteroatoms. The van der Waals surface area contributed by atoms with Crippen LogP contribution in [-0.2, 0) is 7.05 Å². The van der Waals surface area contributed by atoms with Crippen LogP contribution in [0.15, 0.2) is 16.6 Å². The Kier molecular flexibility index (Phi) is 3.67. The van der Waals surface area contributed by atoms with Crippen LogP contribution in [-0.4, -0.2) is 30.1 Å². The Morgan fingerprint density at radius 1 is 1.33 bits per heavy atom. The molecule has 0 atom stereocenters. The Morgan fingerprint density at radius 3 is 2.76 bits per heavy atom. The summed E-state index contributed by atoms with van der Waals surface area (Å²) in [4.78, 5) is 0. The topological polar surface area (TPSA) is 71.5 Å². The smallest absolute Gasteiger partial charge is 0.174 e. The van der Waals surface area contributed by atoms with E-state index in [0.29, 0.717) is 42.0 Å². The van der Waals surface area contributed by atoms with Crippen molar-refractivity contribution >= 4 is 21.7 Å². The van der Waals surface area contributed by atoms with Crippen LogP contribution in [0.4, 0.5) is 5.82 Å². The highest BCUT2D eigenvalue weighted by atomic mass is 79.9. The van der Waals surface area contributed by atoms with Crippen molar-refractivity contribution in [1.82, 2.24) is 9.78 Å². The summed E-state index contributed by atoms with van der Waals surface area (Å²) in [6, 6.07) is 3.65. The minimum Gasteiger partial charge on any atom is -0.495 e. The molecule has 112 valence electrons. The Balaban J connectivity index is 2.27. The number of aromatic nitrogens is 2. The molecular formula is C14H16BrN3O3. The molecule has 0 saturated carbocycles. The van der Waals surface area contributed by atoms with E-state index in [1.54, 1.807) is 24.9 Å². The van der Waals surface area contributed by atoms with Crippen LogP contribution in [0.1, 0.15) is 6.42 Å². The summed E-state index contributed by atoms with van der Waals surface area (Å²) in [6.45, 7) is 1.21. The van der Waals surface area contributed by atoms with Gasteiger partial charge in [-0.15, -0.1) is 0 Å². The molecule has 21 heavy (non-hydrogen) atoms. The first-order valence-electron chi connectivity index (χ1n) is 6.57. The molecule has 1 aliphatic heterocycles. The number of anilines is 1. The first-order valence-corrected chi connectivity index (χ1v) is 7.37. The second-order valence-corrected chi connectivity index (χ2v) is 5.58. The van der Waals surface area contributed by atoms with E-state index >= 15 is 0 Å². The fourth-order valence-electron chi connectivity index (χ4n) is 2.29. The predicted octanol–water partition coefficient (Wildman–Crippen LogP) is 2.60. The van der Waals surface area contributed by atoms with Crippen LogP contribution < -0.4 is 19.9 Å². The molecule has 1 aliphatic rings. The number of hydrogen-bond donors (Lipinski definition) is 1. The molecule has 3 rings (SSSR count). The zero-order chi connectivity index (χ0) is 15.0. The SMILES string of the molecule is COc1c(Br)cc2c(c1-c1cc(N)n(C)n1)OCCCO2. The number of methoxy groups -OCH3 is 1. The van der Waals surface area contributed by atoms with Gasteiger partial charge in [0.1, 0.15) is 17.3 Å². The van der Waals surface area contributed by atoms with Gasteiger partial charge >= 0.3 is 0 Å². The van der Waals surface area contributed by atoms with Crippen molar-refractivity contribution in [3.05, 3.63) is 16.6 Å². The van der Waals surface area contributed by atoms with E-state index in [-0.39, 0.29) is 0 Å². The number of hydrogen-bond acceptors (Lipinski definition) is 5. The van der Waals surface area contributed by atoms with Crippen LogP contribution in [0, 0.1) is 0 Å². The molecule has 0 aliphatic carbocycles. The van der Waals surface area contributed by atoms with Gasteiger partial charge in [0.05, 0.1) is 30.4 Å². The number of rotatable bonds is 2. The van der Waals surface area contributed by atoms with Crippen molar-refractivity contribution in [2.45, 2.75) is 6.42 Å². The minimum absolute atomic E-state index is 0.565. The van der Waals surface area contributed by atoms with Crippen LogP contribution in [0.25, 0.3) is 11.3 Å². The van der Waals surface area contributed by atoms with Crippen molar-refractivity contribution in [2.24, 2.45) is 7.05 Å². The highest BCUT2D eigenvalue weighted by Gasteiger charge is 2.25. The standard InChI is InChI=1S/C14H16BrN3O3/c1-18-11(16)7-9(17-18)12-13(19-2)8(15)6-10-14(12)21-5-3-4-20-10/h6-7H,3-5,16H2,1-2H3. The maximum atomic E-state index is 5.89. The van der Waals surface area contributed by atoms with Gasteiger partial charge in [0.25, 0.3) is 0 Å². The van der Waals surface area contributed by atoms with E-state index in [2.05, 4.69) is 21.0 Å². The third-order valence-corrected chi connectivity index (χ3v) is 3.91. The molecule has 0 amide bonds. The molecule has 0 fully saturated rings. The first-order chi connectivity index (χ1) is 10.1. The average molecular weight is 354 g/mol. The Hall–Kier alpha value is -1.89. The van der Waals surface area contributed by atoms with Crippen molar-refractivity contribution in [1.29, 1.82) is 0 Å². The highest BCUT2D eigenvalue weighted by Crippen LogP contribution is 2.49. The summed E-state index contributed by atoms with van der Waals surface area (Å²) >= 11 is 3.51. The van der Waals surface area contributed by atoms with Gasteiger partial charge in [0, 0.05) is 25.6 Å².